The summed E-state index contributed by atoms with van der Waals surface area (Å²) in [7, 11) is 0. The van der Waals surface area contributed by atoms with Crippen molar-refractivity contribution in [3.63, 3.8) is 0 Å². The minimum atomic E-state index is -0.731. The van der Waals surface area contributed by atoms with Crippen LogP contribution < -0.4 is 5.73 Å². The van der Waals surface area contributed by atoms with Gasteiger partial charge in [0.05, 0.1) is 4.88 Å². The van der Waals surface area contributed by atoms with Gasteiger partial charge >= 0.3 is 6.09 Å². The number of rotatable bonds is 2. The third kappa shape index (κ3) is 2.38. The summed E-state index contributed by atoms with van der Waals surface area (Å²) in [5, 5.41) is 1.08. The molecule has 0 saturated heterocycles. The fourth-order valence-corrected chi connectivity index (χ4v) is 3.51. The van der Waals surface area contributed by atoms with E-state index in [9.17, 15) is 4.79 Å². The predicted octanol–water partition coefficient (Wildman–Crippen LogP) is 2.01. The third-order valence-corrected chi connectivity index (χ3v) is 4.25. The first kappa shape index (κ1) is 11.5. The van der Waals surface area contributed by atoms with Gasteiger partial charge in [-0.25, -0.2) is 4.79 Å². The Morgan fingerprint density at radius 1 is 1.75 bits per heavy atom. The normalized spacial score (nSPS) is 14.2. The molecule has 2 rings (SSSR count). The van der Waals surface area contributed by atoms with Gasteiger partial charge in [0.15, 0.2) is 0 Å². The molecular formula is C10H12N2O2S2. The number of primary amides is 1. The molecule has 1 amide bonds. The summed E-state index contributed by atoms with van der Waals surface area (Å²) in [6.45, 7) is 1.10. The molecule has 1 aromatic rings. The smallest absolute Gasteiger partial charge is 0.404 e. The van der Waals surface area contributed by atoms with Gasteiger partial charge in [-0.15, -0.1) is 23.1 Å². The minimum Gasteiger partial charge on any atom is -0.444 e. The van der Waals surface area contributed by atoms with Gasteiger partial charge in [0.2, 0.25) is 0 Å². The van der Waals surface area contributed by atoms with E-state index in [4.69, 9.17) is 10.5 Å². The lowest BCUT2D eigenvalue weighted by Crippen LogP contribution is -2.12. The van der Waals surface area contributed by atoms with Gasteiger partial charge < -0.3 is 10.5 Å². The Bertz CT molecular complexity index is 440. The first-order valence-corrected chi connectivity index (χ1v) is 6.87. The molecule has 2 heterocycles. The highest BCUT2D eigenvalue weighted by Crippen LogP contribution is 2.30. The molecule has 0 spiro atoms. The lowest BCUT2D eigenvalue weighted by Gasteiger charge is -2.09. The first-order valence-electron chi connectivity index (χ1n) is 4.83. The summed E-state index contributed by atoms with van der Waals surface area (Å²) >= 11 is 3.28. The summed E-state index contributed by atoms with van der Waals surface area (Å²) in [4.78, 5) is 17.2. The highest BCUT2D eigenvalue weighted by atomic mass is 32.2. The number of ether oxygens (including phenoxy) is 1. The zero-order valence-electron chi connectivity index (χ0n) is 8.86. The van der Waals surface area contributed by atoms with Crippen molar-refractivity contribution in [1.82, 2.24) is 0 Å². The van der Waals surface area contributed by atoms with E-state index in [0.29, 0.717) is 0 Å². The molecule has 86 valence electrons. The van der Waals surface area contributed by atoms with Gasteiger partial charge in [-0.3, -0.25) is 4.99 Å². The molecule has 16 heavy (non-hydrogen) atoms. The molecule has 1 aromatic heterocycles. The number of nitrogens with zero attached hydrogens (tertiary/aromatic N) is 1. The lowest BCUT2D eigenvalue weighted by atomic mass is 10.1. The second-order valence-corrected chi connectivity index (χ2v) is 5.25. The highest BCUT2D eigenvalue weighted by Gasteiger charge is 2.17. The van der Waals surface area contributed by atoms with Crippen LogP contribution in [0.2, 0.25) is 0 Å². The molecule has 0 saturated carbocycles. The number of hydrogen-bond donors (Lipinski definition) is 1. The predicted molar refractivity (Wildman–Crippen MR) is 67.3 cm³/mol. The van der Waals surface area contributed by atoms with Crippen LogP contribution in [0.5, 0.6) is 0 Å². The Morgan fingerprint density at radius 2 is 2.56 bits per heavy atom. The molecule has 6 heteroatoms. The van der Waals surface area contributed by atoms with E-state index in [1.54, 1.807) is 23.1 Å². The van der Waals surface area contributed by atoms with Crippen LogP contribution in [0.1, 0.15) is 15.3 Å². The van der Waals surface area contributed by atoms with Crippen molar-refractivity contribution in [2.75, 3.05) is 12.8 Å². The number of aliphatic imine (C=N–C) groups is 1. The lowest BCUT2D eigenvalue weighted by molar-refractivity contribution is 0.151. The topological polar surface area (TPSA) is 64.7 Å². The van der Waals surface area contributed by atoms with Crippen LogP contribution >= 0.6 is 23.1 Å². The van der Waals surface area contributed by atoms with Crippen molar-refractivity contribution in [3.8, 4) is 0 Å². The fraction of sp³-hybridized carbons (Fsp3) is 0.400. The van der Waals surface area contributed by atoms with E-state index in [1.807, 2.05) is 6.26 Å². The Hall–Kier alpha value is -1.01. The van der Waals surface area contributed by atoms with Gasteiger partial charge in [-0.05, 0) is 24.3 Å². The van der Waals surface area contributed by atoms with Crippen LogP contribution in [0.4, 0.5) is 4.79 Å². The van der Waals surface area contributed by atoms with Crippen molar-refractivity contribution >= 4 is 34.2 Å². The maximum absolute atomic E-state index is 10.5. The quantitative estimate of drug-likeness (QED) is 0.880. The molecule has 0 unspecified atom stereocenters. The van der Waals surface area contributed by atoms with Crippen LogP contribution in [-0.4, -0.2) is 23.9 Å². The molecule has 0 bridgehead atoms. The van der Waals surface area contributed by atoms with Crippen LogP contribution in [0.3, 0.4) is 0 Å². The van der Waals surface area contributed by atoms with Crippen LogP contribution in [0.25, 0.3) is 0 Å². The van der Waals surface area contributed by atoms with Gasteiger partial charge in [0.25, 0.3) is 0 Å². The second-order valence-electron chi connectivity index (χ2n) is 3.32. The Balaban J connectivity index is 2.17. The number of amides is 1. The van der Waals surface area contributed by atoms with E-state index in [1.165, 1.54) is 10.4 Å². The van der Waals surface area contributed by atoms with Crippen molar-refractivity contribution in [2.45, 2.75) is 13.0 Å². The van der Waals surface area contributed by atoms with E-state index in [2.05, 4.69) is 11.1 Å². The zero-order chi connectivity index (χ0) is 11.5. The summed E-state index contributed by atoms with van der Waals surface area (Å²) in [5.41, 5.74) is 6.23. The molecule has 0 fully saturated rings. The highest BCUT2D eigenvalue weighted by molar-refractivity contribution is 8.14. The van der Waals surface area contributed by atoms with Gasteiger partial charge in [-0.1, -0.05) is 0 Å². The minimum absolute atomic E-state index is 0.259. The maximum Gasteiger partial charge on any atom is 0.404 e. The Morgan fingerprint density at radius 3 is 3.25 bits per heavy atom. The SMILES string of the molecule is CSC1=NCCc2cc(COC(N)=O)sc21. The number of nitrogens with two attached hydrogens (primary N) is 1. The van der Waals surface area contributed by atoms with Crippen molar-refractivity contribution in [3.05, 3.63) is 21.4 Å². The van der Waals surface area contributed by atoms with E-state index in [0.717, 1.165) is 22.9 Å². The van der Waals surface area contributed by atoms with Crippen LogP contribution in [0.15, 0.2) is 11.1 Å². The number of fused-ring (bicyclic) bond motifs is 1. The van der Waals surface area contributed by atoms with E-state index >= 15 is 0 Å². The van der Waals surface area contributed by atoms with Gasteiger partial charge in [-0.2, -0.15) is 0 Å². The molecule has 0 radical (unpaired) electrons. The maximum atomic E-state index is 10.5. The zero-order valence-corrected chi connectivity index (χ0v) is 10.5. The van der Waals surface area contributed by atoms with E-state index in [-0.39, 0.29) is 6.61 Å². The van der Waals surface area contributed by atoms with Crippen molar-refractivity contribution in [1.29, 1.82) is 0 Å². The molecule has 0 atom stereocenters. The largest absolute Gasteiger partial charge is 0.444 e. The number of carbonyl (C=O) groups excluding carboxylic acids is 1. The van der Waals surface area contributed by atoms with Crippen LogP contribution in [-0.2, 0) is 17.8 Å². The Labute approximate surface area is 102 Å². The third-order valence-electron chi connectivity index (χ3n) is 2.24. The summed E-state index contributed by atoms with van der Waals surface area (Å²) in [5.74, 6) is 0. The van der Waals surface area contributed by atoms with Crippen molar-refractivity contribution < 1.29 is 9.53 Å². The van der Waals surface area contributed by atoms with Crippen molar-refractivity contribution in [2.24, 2.45) is 10.7 Å². The molecule has 2 N–H and O–H groups in total. The molecule has 1 aliphatic heterocycles. The monoisotopic (exact) mass is 256 g/mol. The van der Waals surface area contributed by atoms with Crippen LogP contribution in [0, 0.1) is 0 Å². The summed E-state index contributed by atoms with van der Waals surface area (Å²) in [6.07, 6.45) is 2.25. The fourth-order valence-electron chi connectivity index (χ4n) is 1.57. The number of carbonyl (C=O) groups is 1. The summed E-state index contributed by atoms with van der Waals surface area (Å²) < 4.78 is 4.78. The number of thioether (sulfide) groups is 1. The number of hydrogen-bond acceptors (Lipinski definition) is 5. The molecule has 0 aromatic carbocycles. The van der Waals surface area contributed by atoms with E-state index < -0.39 is 6.09 Å². The summed E-state index contributed by atoms with van der Waals surface area (Å²) in [6, 6.07) is 2.08. The van der Waals surface area contributed by atoms with Gasteiger partial charge in [0, 0.05) is 11.4 Å². The molecule has 0 aliphatic carbocycles. The second kappa shape index (κ2) is 4.88. The molecular weight excluding hydrogens is 244 g/mol. The van der Waals surface area contributed by atoms with Gasteiger partial charge in [0.1, 0.15) is 11.7 Å². The average molecular weight is 256 g/mol. The Kier molecular flexibility index (Phi) is 3.50. The standard InChI is InChI=1S/C10H12N2O2S2/c1-15-9-8-6(2-3-12-9)4-7(16-8)5-14-10(11)13/h4H,2-3,5H2,1H3,(H2,11,13). The number of thiophene rings is 1. The average Bonchev–Trinajstić information content (AvgIpc) is 2.68. The molecule has 1 aliphatic rings. The first-order chi connectivity index (χ1) is 7.70. The molecule has 4 nitrogen and oxygen atoms in total.